The molecule has 1 saturated carbocycles. The molecule has 1 atom stereocenters. The van der Waals surface area contributed by atoms with E-state index in [4.69, 9.17) is 0 Å². The molecule has 0 saturated heterocycles. The predicted octanol–water partition coefficient (Wildman–Crippen LogP) is 1.57. The number of nitrogens with one attached hydrogen (secondary N) is 1. The number of pyridine rings is 1. The number of aryl methyl sites for hydroxylation is 1. The third-order valence-corrected chi connectivity index (χ3v) is 2.57. The Balaban J connectivity index is 1.82. The van der Waals surface area contributed by atoms with Gasteiger partial charge in [0, 0.05) is 12.7 Å². The summed E-state index contributed by atoms with van der Waals surface area (Å²) in [6.07, 6.45) is 3.96. The van der Waals surface area contributed by atoms with Gasteiger partial charge in [-0.1, -0.05) is 6.07 Å². The first-order valence-corrected chi connectivity index (χ1v) is 5.10. The highest BCUT2D eigenvalue weighted by atomic mass is 16.3. The molecule has 76 valence electrons. The molecule has 0 amide bonds. The maximum atomic E-state index is 9.61. The fraction of sp³-hybridized carbons (Fsp3) is 0.545. The smallest absolute Gasteiger partial charge is 0.125 e. The molecule has 14 heavy (non-hydrogen) atoms. The lowest BCUT2D eigenvalue weighted by molar-refractivity contribution is 0.164. The SMILES string of the molecule is Cc1ccc(NCC(O)C2CC2)nc1. The number of aliphatic hydroxyl groups excluding tert-OH is 1. The maximum Gasteiger partial charge on any atom is 0.125 e. The van der Waals surface area contributed by atoms with E-state index in [1.807, 2.05) is 25.3 Å². The van der Waals surface area contributed by atoms with Crippen molar-refractivity contribution in [1.29, 1.82) is 0 Å². The summed E-state index contributed by atoms with van der Waals surface area (Å²) in [4.78, 5) is 4.21. The van der Waals surface area contributed by atoms with E-state index >= 15 is 0 Å². The summed E-state index contributed by atoms with van der Waals surface area (Å²) in [5, 5.41) is 12.7. The van der Waals surface area contributed by atoms with Crippen molar-refractivity contribution in [3.8, 4) is 0 Å². The van der Waals surface area contributed by atoms with Gasteiger partial charge in [0.25, 0.3) is 0 Å². The molecular formula is C11H16N2O. The van der Waals surface area contributed by atoms with Gasteiger partial charge in [-0.25, -0.2) is 4.98 Å². The number of anilines is 1. The van der Waals surface area contributed by atoms with E-state index in [2.05, 4.69) is 10.3 Å². The molecular weight excluding hydrogens is 176 g/mol. The van der Waals surface area contributed by atoms with Crippen molar-refractivity contribution >= 4 is 5.82 Å². The van der Waals surface area contributed by atoms with Crippen molar-refractivity contribution in [3.05, 3.63) is 23.9 Å². The van der Waals surface area contributed by atoms with E-state index in [0.717, 1.165) is 11.4 Å². The van der Waals surface area contributed by atoms with Crippen molar-refractivity contribution in [2.24, 2.45) is 5.92 Å². The van der Waals surface area contributed by atoms with Crippen LogP contribution >= 0.6 is 0 Å². The van der Waals surface area contributed by atoms with Gasteiger partial charge in [-0.05, 0) is 37.3 Å². The number of hydrogen-bond donors (Lipinski definition) is 2. The number of aliphatic hydroxyl groups is 1. The molecule has 1 aromatic heterocycles. The Labute approximate surface area is 84.2 Å². The topological polar surface area (TPSA) is 45.1 Å². The zero-order chi connectivity index (χ0) is 9.97. The number of hydrogen-bond acceptors (Lipinski definition) is 3. The zero-order valence-electron chi connectivity index (χ0n) is 8.40. The molecule has 3 nitrogen and oxygen atoms in total. The highest BCUT2D eigenvalue weighted by molar-refractivity contribution is 5.35. The van der Waals surface area contributed by atoms with E-state index in [1.54, 1.807) is 0 Å². The molecule has 1 unspecified atom stereocenters. The molecule has 1 aliphatic carbocycles. The molecule has 1 aliphatic rings. The van der Waals surface area contributed by atoms with Gasteiger partial charge in [-0.2, -0.15) is 0 Å². The van der Waals surface area contributed by atoms with Crippen LogP contribution in [0, 0.1) is 12.8 Å². The Bertz CT molecular complexity index is 293. The molecule has 0 spiro atoms. The van der Waals surface area contributed by atoms with Gasteiger partial charge in [-0.15, -0.1) is 0 Å². The van der Waals surface area contributed by atoms with E-state index in [9.17, 15) is 5.11 Å². The predicted molar refractivity (Wildman–Crippen MR) is 56.2 cm³/mol. The lowest BCUT2D eigenvalue weighted by Crippen LogP contribution is -2.21. The third-order valence-electron chi connectivity index (χ3n) is 2.57. The first-order valence-electron chi connectivity index (χ1n) is 5.10. The Morgan fingerprint density at radius 1 is 1.57 bits per heavy atom. The van der Waals surface area contributed by atoms with Crippen LogP contribution in [0.5, 0.6) is 0 Å². The summed E-state index contributed by atoms with van der Waals surface area (Å²) in [5.74, 6) is 1.36. The molecule has 1 heterocycles. The minimum atomic E-state index is -0.210. The van der Waals surface area contributed by atoms with Crippen LogP contribution in [-0.4, -0.2) is 22.7 Å². The summed E-state index contributed by atoms with van der Waals surface area (Å²) in [5.41, 5.74) is 1.15. The molecule has 1 fully saturated rings. The number of rotatable bonds is 4. The summed E-state index contributed by atoms with van der Waals surface area (Å²) in [6, 6.07) is 3.95. The summed E-state index contributed by atoms with van der Waals surface area (Å²) in [6.45, 7) is 2.62. The van der Waals surface area contributed by atoms with Crippen LogP contribution < -0.4 is 5.32 Å². The lowest BCUT2D eigenvalue weighted by Gasteiger charge is -2.10. The van der Waals surface area contributed by atoms with Crippen molar-refractivity contribution in [2.75, 3.05) is 11.9 Å². The van der Waals surface area contributed by atoms with Crippen LogP contribution in [-0.2, 0) is 0 Å². The standard InChI is InChI=1S/C11H16N2O/c1-8-2-5-11(12-6-8)13-7-10(14)9-3-4-9/h2,5-6,9-10,14H,3-4,7H2,1H3,(H,12,13). The molecule has 2 rings (SSSR count). The highest BCUT2D eigenvalue weighted by Crippen LogP contribution is 2.32. The molecule has 0 aliphatic heterocycles. The van der Waals surface area contributed by atoms with E-state index < -0.39 is 0 Å². The second-order valence-electron chi connectivity index (χ2n) is 4.01. The van der Waals surface area contributed by atoms with Crippen molar-refractivity contribution in [1.82, 2.24) is 4.98 Å². The summed E-state index contributed by atoms with van der Waals surface area (Å²) in [7, 11) is 0. The average molecular weight is 192 g/mol. The van der Waals surface area contributed by atoms with Gasteiger partial charge in [-0.3, -0.25) is 0 Å². The molecule has 3 heteroatoms. The first kappa shape index (κ1) is 9.46. The maximum absolute atomic E-state index is 9.61. The molecule has 1 aromatic rings. The third kappa shape index (κ3) is 2.45. The minimum Gasteiger partial charge on any atom is -0.391 e. The lowest BCUT2D eigenvalue weighted by atomic mass is 10.2. The van der Waals surface area contributed by atoms with Crippen LogP contribution in [0.25, 0.3) is 0 Å². The van der Waals surface area contributed by atoms with Crippen molar-refractivity contribution in [2.45, 2.75) is 25.9 Å². The van der Waals surface area contributed by atoms with Gasteiger partial charge in [0.15, 0.2) is 0 Å². The Morgan fingerprint density at radius 2 is 2.36 bits per heavy atom. The van der Waals surface area contributed by atoms with Gasteiger partial charge < -0.3 is 10.4 Å². The second kappa shape index (κ2) is 3.96. The van der Waals surface area contributed by atoms with Crippen LogP contribution in [0.4, 0.5) is 5.82 Å². The quantitative estimate of drug-likeness (QED) is 0.761. The largest absolute Gasteiger partial charge is 0.391 e. The Kier molecular flexibility index (Phi) is 2.68. The number of aromatic nitrogens is 1. The highest BCUT2D eigenvalue weighted by Gasteiger charge is 2.29. The first-order chi connectivity index (χ1) is 6.75. The molecule has 0 radical (unpaired) electrons. The molecule has 0 bridgehead atoms. The van der Waals surface area contributed by atoms with Crippen LogP contribution in [0.15, 0.2) is 18.3 Å². The summed E-state index contributed by atoms with van der Waals surface area (Å²) < 4.78 is 0. The Morgan fingerprint density at radius 3 is 2.93 bits per heavy atom. The minimum absolute atomic E-state index is 0.210. The van der Waals surface area contributed by atoms with Gasteiger partial charge in [0.05, 0.1) is 6.10 Å². The normalized spacial score (nSPS) is 17.9. The van der Waals surface area contributed by atoms with Crippen molar-refractivity contribution < 1.29 is 5.11 Å². The van der Waals surface area contributed by atoms with Gasteiger partial charge >= 0.3 is 0 Å². The average Bonchev–Trinajstić information content (AvgIpc) is 3.00. The van der Waals surface area contributed by atoms with Crippen LogP contribution in [0.1, 0.15) is 18.4 Å². The fourth-order valence-corrected chi connectivity index (χ4v) is 1.43. The van der Waals surface area contributed by atoms with Crippen LogP contribution in [0.2, 0.25) is 0 Å². The Hall–Kier alpha value is -1.09. The van der Waals surface area contributed by atoms with Crippen LogP contribution in [0.3, 0.4) is 0 Å². The van der Waals surface area contributed by atoms with E-state index in [-0.39, 0.29) is 6.10 Å². The van der Waals surface area contributed by atoms with E-state index in [1.165, 1.54) is 12.8 Å². The van der Waals surface area contributed by atoms with E-state index in [0.29, 0.717) is 12.5 Å². The summed E-state index contributed by atoms with van der Waals surface area (Å²) >= 11 is 0. The molecule has 0 aromatic carbocycles. The molecule has 2 N–H and O–H groups in total. The fourth-order valence-electron chi connectivity index (χ4n) is 1.43. The monoisotopic (exact) mass is 192 g/mol. The van der Waals surface area contributed by atoms with Gasteiger partial charge in [0.1, 0.15) is 5.82 Å². The zero-order valence-corrected chi connectivity index (χ0v) is 8.40. The second-order valence-corrected chi connectivity index (χ2v) is 4.01. The number of nitrogens with zero attached hydrogens (tertiary/aromatic N) is 1. The van der Waals surface area contributed by atoms with Crippen molar-refractivity contribution in [3.63, 3.8) is 0 Å². The van der Waals surface area contributed by atoms with Gasteiger partial charge in [0.2, 0.25) is 0 Å².